The second kappa shape index (κ2) is 9.56. The van der Waals surface area contributed by atoms with Crippen LogP contribution in [0.5, 0.6) is 5.75 Å². The number of nitrogens with one attached hydrogen (secondary N) is 2. The molecule has 0 amide bonds. The number of pyridine rings is 1. The van der Waals surface area contributed by atoms with Crippen LogP contribution in [0.15, 0.2) is 64.3 Å². The lowest BCUT2D eigenvalue weighted by atomic mass is 9.99. The molecule has 2 aromatic heterocycles. The van der Waals surface area contributed by atoms with Crippen molar-refractivity contribution in [2.24, 2.45) is 0 Å². The highest BCUT2D eigenvalue weighted by Crippen LogP contribution is 2.38. The first-order valence-corrected chi connectivity index (χ1v) is 14.2. The molecule has 6 rings (SSSR count). The first kappa shape index (κ1) is 25.2. The molecular formula is C30H26FN3O4S. The van der Waals surface area contributed by atoms with Gasteiger partial charge in [0.05, 0.1) is 27.8 Å². The van der Waals surface area contributed by atoms with Crippen LogP contribution in [-0.4, -0.2) is 37.7 Å². The Kier molecular flexibility index (Phi) is 6.17. The van der Waals surface area contributed by atoms with Crippen molar-refractivity contribution in [3.63, 3.8) is 0 Å². The van der Waals surface area contributed by atoms with Gasteiger partial charge in [-0.15, -0.1) is 10.3 Å². The topological polar surface area (TPSA) is 93.2 Å². The van der Waals surface area contributed by atoms with Crippen molar-refractivity contribution < 1.29 is 17.0 Å². The van der Waals surface area contributed by atoms with E-state index in [2.05, 4.69) is 20.8 Å². The number of fused-ring (bicyclic) bond motifs is 4. The Morgan fingerprint density at radius 3 is 2.62 bits per heavy atom. The zero-order valence-corrected chi connectivity index (χ0v) is 22.1. The fraction of sp³-hybridized carbons (Fsp3) is 0.233. The molecule has 1 aliphatic heterocycles. The molecule has 0 bridgehead atoms. The number of hydrogen-bond acceptors (Lipinski definition) is 5. The Hall–Kier alpha value is -4.13. The van der Waals surface area contributed by atoms with Gasteiger partial charge in [0, 0.05) is 28.1 Å². The summed E-state index contributed by atoms with van der Waals surface area (Å²) in [4.78, 5) is 17.1. The number of terminal acetylenes is 1. The lowest BCUT2D eigenvalue weighted by Gasteiger charge is -2.28. The molecule has 0 aliphatic carbocycles. The fourth-order valence-electron chi connectivity index (χ4n) is 5.65. The number of halogens is 1. The van der Waals surface area contributed by atoms with Crippen molar-refractivity contribution in [3.05, 3.63) is 70.4 Å². The third-order valence-corrected chi connectivity index (χ3v) is 8.23. The minimum Gasteiger partial charge on any atom is -0.493 e. The average molecular weight is 544 g/mol. The molecule has 198 valence electrons. The van der Waals surface area contributed by atoms with Crippen LogP contribution >= 0.6 is 0 Å². The maximum absolute atomic E-state index is 14.1. The lowest BCUT2D eigenvalue weighted by molar-refractivity contribution is 0.342. The van der Waals surface area contributed by atoms with Gasteiger partial charge in [-0.05, 0) is 74.8 Å². The zero-order chi connectivity index (χ0) is 27.3. The van der Waals surface area contributed by atoms with Crippen LogP contribution in [0, 0.1) is 12.3 Å². The molecule has 7 nitrogen and oxygen atoms in total. The van der Waals surface area contributed by atoms with Gasteiger partial charge in [-0.1, -0.05) is 24.1 Å². The van der Waals surface area contributed by atoms with E-state index < -0.39 is 15.1 Å². The van der Waals surface area contributed by atoms with Crippen LogP contribution in [0.3, 0.4) is 0 Å². The van der Waals surface area contributed by atoms with Crippen molar-refractivity contribution in [1.29, 1.82) is 0 Å². The van der Waals surface area contributed by atoms with Gasteiger partial charge >= 0.3 is 10.2 Å². The summed E-state index contributed by atoms with van der Waals surface area (Å²) in [5.41, 5.74) is 3.79. The molecular weight excluding hydrogens is 517 g/mol. The van der Waals surface area contributed by atoms with Gasteiger partial charge in [0.15, 0.2) is 5.43 Å². The first-order chi connectivity index (χ1) is 18.8. The maximum Gasteiger partial charge on any atom is 0.332 e. The summed E-state index contributed by atoms with van der Waals surface area (Å²) in [7, 11) is -4.90. The largest absolute Gasteiger partial charge is 0.493 e. The SMILES string of the molecule is C#Cc1ccc2c(c1)[nH]c1c2c(=O)c2cc(OCC)c(-c3cccc(S(=O)(=O)F)c3)cc2n1C1CCNCC1. The molecule has 1 saturated heterocycles. The Morgan fingerprint density at radius 1 is 1.10 bits per heavy atom. The third kappa shape index (κ3) is 4.26. The van der Waals surface area contributed by atoms with Gasteiger partial charge in [0.1, 0.15) is 11.4 Å². The molecule has 0 atom stereocenters. The van der Waals surface area contributed by atoms with E-state index in [1.165, 1.54) is 18.2 Å². The molecule has 39 heavy (non-hydrogen) atoms. The highest BCUT2D eigenvalue weighted by atomic mass is 32.3. The minimum absolute atomic E-state index is 0.0976. The lowest BCUT2D eigenvalue weighted by Crippen LogP contribution is -2.30. The molecule has 0 unspecified atom stereocenters. The van der Waals surface area contributed by atoms with Crippen LogP contribution in [0.1, 0.15) is 31.4 Å². The summed E-state index contributed by atoms with van der Waals surface area (Å²) in [6.07, 6.45) is 7.35. The Morgan fingerprint density at radius 2 is 1.90 bits per heavy atom. The Labute approximate surface area is 224 Å². The quantitative estimate of drug-likeness (QED) is 0.233. The van der Waals surface area contributed by atoms with Crippen LogP contribution in [-0.2, 0) is 10.2 Å². The van der Waals surface area contributed by atoms with Crippen LogP contribution in [0.4, 0.5) is 3.89 Å². The zero-order valence-electron chi connectivity index (χ0n) is 21.3. The van der Waals surface area contributed by atoms with E-state index in [0.717, 1.165) is 36.8 Å². The van der Waals surface area contributed by atoms with E-state index in [-0.39, 0.29) is 11.5 Å². The van der Waals surface area contributed by atoms with Gasteiger partial charge in [0.25, 0.3) is 0 Å². The highest BCUT2D eigenvalue weighted by Gasteiger charge is 2.25. The summed E-state index contributed by atoms with van der Waals surface area (Å²) in [6, 6.07) is 14.9. The molecule has 5 aromatic rings. The van der Waals surface area contributed by atoms with Crippen molar-refractivity contribution in [1.82, 2.24) is 14.9 Å². The number of ether oxygens (including phenoxy) is 1. The van der Waals surface area contributed by atoms with Gasteiger partial charge in [0.2, 0.25) is 0 Å². The van der Waals surface area contributed by atoms with E-state index in [4.69, 9.17) is 11.2 Å². The average Bonchev–Trinajstić information content (AvgIpc) is 3.32. The van der Waals surface area contributed by atoms with Crippen molar-refractivity contribution in [3.8, 4) is 29.2 Å². The third-order valence-electron chi connectivity index (χ3n) is 7.42. The number of aromatic amines is 1. The van der Waals surface area contributed by atoms with Gasteiger partial charge in [-0.3, -0.25) is 4.79 Å². The number of benzene rings is 3. The molecule has 9 heteroatoms. The van der Waals surface area contributed by atoms with Crippen molar-refractivity contribution in [2.75, 3.05) is 19.7 Å². The monoisotopic (exact) mass is 543 g/mol. The van der Waals surface area contributed by atoms with Crippen molar-refractivity contribution >= 4 is 43.1 Å². The number of aromatic nitrogens is 2. The second-order valence-corrected chi connectivity index (χ2v) is 11.0. The molecule has 3 heterocycles. The fourth-order valence-corrected chi connectivity index (χ4v) is 6.16. The standard InChI is InChI=1S/C30H26FN3O4S/c1-3-18-8-9-22-25(14-18)33-30-28(22)29(35)24-17-27(38-4-2)23(19-6-5-7-21(15-19)39(31,36)37)16-26(24)34(30)20-10-12-32-13-11-20/h1,5-9,14-17,20,32-33H,4,10-13H2,2H3. The molecule has 3 aromatic carbocycles. The van der Waals surface area contributed by atoms with E-state index in [1.54, 1.807) is 12.1 Å². The van der Waals surface area contributed by atoms with Crippen molar-refractivity contribution in [2.45, 2.75) is 30.7 Å². The highest BCUT2D eigenvalue weighted by molar-refractivity contribution is 7.86. The normalized spacial score (nSPS) is 14.7. The van der Waals surface area contributed by atoms with Gasteiger partial charge in [-0.25, -0.2) is 0 Å². The van der Waals surface area contributed by atoms with Crippen LogP contribution < -0.4 is 15.5 Å². The number of piperidine rings is 1. The molecule has 1 fully saturated rings. The van der Waals surface area contributed by atoms with E-state index in [1.807, 2.05) is 31.2 Å². The summed E-state index contributed by atoms with van der Waals surface area (Å²) in [5, 5.41) is 5.26. The number of nitrogens with zero attached hydrogens (tertiary/aromatic N) is 1. The summed E-state index contributed by atoms with van der Waals surface area (Å²) < 4.78 is 45.3. The number of hydrogen-bond donors (Lipinski definition) is 2. The summed E-state index contributed by atoms with van der Waals surface area (Å²) in [5.74, 6) is 3.07. The molecule has 0 radical (unpaired) electrons. The summed E-state index contributed by atoms with van der Waals surface area (Å²) in [6.45, 7) is 3.82. The van der Waals surface area contributed by atoms with E-state index in [0.29, 0.717) is 51.0 Å². The number of H-pyrrole nitrogens is 1. The second-order valence-electron chi connectivity index (χ2n) is 9.70. The minimum atomic E-state index is -4.90. The predicted octanol–water partition coefficient (Wildman–Crippen LogP) is 5.27. The molecule has 0 saturated carbocycles. The van der Waals surface area contributed by atoms with E-state index in [9.17, 15) is 17.1 Å². The van der Waals surface area contributed by atoms with Crippen LogP contribution in [0.25, 0.3) is 44.0 Å². The van der Waals surface area contributed by atoms with Gasteiger partial charge < -0.3 is 19.6 Å². The summed E-state index contributed by atoms with van der Waals surface area (Å²) >= 11 is 0. The molecule has 0 spiro atoms. The van der Waals surface area contributed by atoms with E-state index >= 15 is 0 Å². The molecule has 2 N–H and O–H groups in total. The number of rotatable bonds is 5. The first-order valence-electron chi connectivity index (χ1n) is 12.8. The Balaban J connectivity index is 1.74. The molecule has 1 aliphatic rings. The predicted molar refractivity (Wildman–Crippen MR) is 152 cm³/mol. The maximum atomic E-state index is 14.1. The smallest absolute Gasteiger partial charge is 0.332 e. The van der Waals surface area contributed by atoms with Crippen LogP contribution in [0.2, 0.25) is 0 Å². The van der Waals surface area contributed by atoms with Gasteiger partial charge in [-0.2, -0.15) is 8.42 Å². The Bertz CT molecular complexity index is 1980.